The Balaban J connectivity index is 1.51. The average Bonchev–Trinajstić information content (AvgIpc) is 2.53. The predicted octanol–water partition coefficient (Wildman–Crippen LogP) is 4.03. The molecule has 0 aliphatic heterocycles. The second-order valence-electron chi connectivity index (χ2n) is 8.28. The zero-order valence-corrected chi connectivity index (χ0v) is 14.0. The molecule has 1 unspecified atom stereocenters. The third kappa shape index (κ3) is 2.51. The van der Waals surface area contributed by atoms with Crippen LogP contribution in [0, 0.1) is 40.3 Å². The lowest BCUT2D eigenvalue weighted by atomic mass is 9.48. The smallest absolute Gasteiger partial charge is 0.254 e. The van der Waals surface area contributed by atoms with E-state index < -0.39 is 5.82 Å². The minimum atomic E-state index is -0.621. The van der Waals surface area contributed by atoms with Gasteiger partial charge in [-0.3, -0.25) is 4.79 Å². The van der Waals surface area contributed by atoms with Crippen molar-refractivity contribution in [2.24, 2.45) is 23.2 Å². The van der Waals surface area contributed by atoms with E-state index in [2.05, 4.69) is 12.2 Å². The van der Waals surface area contributed by atoms with E-state index in [9.17, 15) is 9.18 Å². The lowest BCUT2D eigenvalue weighted by Gasteiger charge is -2.59. The predicted molar refractivity (Wildman–Crippen MR) is 88.6 cm³/mol. The van der Waals surface area contributed by atoms with Gasteiger partial charge in [0, 0.05) is 6.04 Å². The summed E-state index contributed by atoms with van der Waals surface area (Å²) in [6.45, 7) is 2.09. The van der Waals surface area contributed by atoms with Gasteiger partial charge in [0.05, 0.1) is 17.2 Å². The highest BCUT2D eigenvalue weighted by atomic mass is 19.1. The van der Waals surface area contributed by atoms with Crippen LogP contribution in [0.1, 0.15) is 61.4 Å². The molecule has 1 atom stereocenters. The third-order valence-corrected chi connectivity index (χ3v) is 6.69. The molecule has 3 nitrogen and oxygen atoms in total. The maximum Gasteiger partial charge on any atom is 0.254 e. The van der Waals surface area contributed by atoms with Crippen LogP contribution in [0.15, 0.2) is 18.2 Å². The van der Waals surface area contributed by atoms with E-state index in [1.807, 2.05) is 6.07 Å². The first-order valence-corrected chi connectivity index (χ1v) is 8.99. The van der Waals surface area contributed by atoms with Crippen molar-refractivity contribution < 1.29 is 9.18 Å². The zero-order valence-electron chi connectivity index (χ0n) is 14.0. The van der Waals surface area contributed by atoms with Gasteiger partial charge in [0.1, 0.15) is 5.82 Å². The minimum Gasteiger partial charge on any atom is -0.349 e. The van der Waals surface area contributed by atoms with Crippen molar-refractivity contribution in [3.63, 3.8) is 0 Å². The molecule has 4 aliphatic carbocycles. The second-order valence-corrected chi connectivity index (χ2v) is 8.28. The Morgan fingerprint density at radius 2 is 1.83 bits per heavy atom. The van der Waals surface area contributed by atoms with E-state index in [-0.39, 0.29) is 28.5 Å². The highest BCUT2D eigenvalue weighted by Crippen LogP contribution is 2.61. The lowest BCUT2D eigenvalue weighted by Crippen LogP contribution is -2.55. The van der Waals surface area contributed by atoms with Gasteiger partial charge in [-0.25, -0.2) is 4.39 Å². The summed E-state index contributed by atoms with van der Waals surface area (Å²) in [5.41, 5.74) is 0.469. The first-order chi connectivity index (χ1) is 11.5. The molecule has 0 heterocycles. The summed E-state index contributed by atoms with van der Waals surface area (Å²) in [5.74, 6) is 1.48. The Morgan fingerprint density at radius 3 is 2.33 bits per heavy atom. The van der Waals surface area contributed by atoms with Gasteiger partial charge in [-0.1, -0.05) is 0 Å². The SMILES string of the molecule is CC(NC(=O)c1ccc(C#N)cc1F)C12CC3CC(CC(C3)C1)C2. The molecule has 4 bridgehead atoms. The standard InChI is InChI=1S/C20H23FN2O/c1-12(20-8-14-4-15(9-20)6-16(5-14)10-20)23-19(24)17-3-2-13(11-22)7-18(17)21/h2-3,7,12,14-16H,4-6,8-10H2,1H3,(H,23,24). The molecule has 0 aromatic heterocycles. The summed E-state index contributed by atoms with van der Waals surface area (Å²) in [4.78, 5) is 12.5. The van der Waals surface area contributed by atoms with Crippen LogP contribution >= 0.6 is 0 Å². The summed E-state index contributed by atoms with van der Waals surface area (Å²) in [6, 6.07) is 5.99. The third-order valence-electron chi connectivity index (χ3n) is 6.69. The number of nitriles is 1. The highest BCUT2D eigenvalue weighted by molar-refractivity contribution is 5.94. The van der Waals surface area contributed by atoms with Gasteiger partial charge in [0.15, 0.2) is 0 Å². The molecule has 126 valence electrons. The molecule has 1 aromatic rings. The van der Waals surface area contributed by atoms with Gasteiger partial charge in [-0.2, -0.15) is 5.26 Å². The summed E-state index contributed by atoms with van der Waals surface area (Å²) < 4.78 is 14.1. The molecule has 24 heavy (non-hydrogen) atoms. The Bertz CT molecular complexity index is 686. The number of carbonyl (C=O) groups is 1. The van der Waals surface area contributed by atoms with Crippen molar-refractivity contribution in [3.8, 4) is 6.07 Å². The van der Waals surface area contributed by atoms with Crippen LogP contribution in [0.2, 0.25) is 0 Å². The van der Waals surface area contributed by atoms with Gasteiger partial charge in [-0.15, -0.1) is 0 Å². The molecule has 0 saturated heterocycles. The number of carbonyl (C=O) groups excluding carboxylic acids is 1. The fourth-order valence-corrected chi connectivity index (χ4v) is 5.90. The number of nitrogens with zero attached hydrogens (tertiary/aromatic N) is 1. The number of halogens is 1. The summed E-state index contributed by atoms with van der Waals surface area (Å²) >= 11 is 0. The van der Waals surface area contributed by atoms with Crippen LogP contribution < -0.4 is 5.32 Å². The maximum absolute atomic E-state index is 14.1. The van der Waals surface area contributed by atoms with Crippen molar-refractivity contribution in [3.05, 3.63) is 35.1 Å². The maximum atomic E-state index is 14.1. The quantitative estimate of drug-likeness (QED) is 0.911. The first kappa shape index (κ1) is 15.6. The minimum absolute atomic E-state index is 0.0329. The van der Waals surface area contributed by atoms with E-state index in [1.54, 1.807) is 0 Å². The number of hydrogen-bond donors (Lipinski definition) is 1. The molecular weight excluding hydrogens is 303 g/mol. The summed E-state index contributed by atoms with van der Waals surface area (Å²) in [7, 11) is 0. The van der Waals surface area contributed by atoms with Gasteiger partial charge in [0.25, 0.3) is 5.91 Å². The number of benzene rings is 1. The van der Waals surface area contributed by atoms with Gasteiger partial charge in [-0.05, 0) is 86.8 Å². The average molecular weight is 326 g/mol. The zero-order chi connectivity index (χ0) is 16.9. The van der Waals surface area contributed by atoms with Crippen LogP contribution in [-0.2, 0) is 0 Å². The number of nitrogens with one attached hydrogen (secondary N) is 1. The van der Waals surface area contributed by atoms with Crippen LogP contribution in [0.5, 0.6) is 0 Å². The summed E-state index contributed by atoms with van der Waals surface area (Å²) in [6.07, 6.45) is 7.71. The van der Waals surface area contributed by atoms with Crippen molar-refractivity contribution in [2.75, 3.05) is 0 Å². The first-order valence-electron chi connectivity index (χ1n) is 8.99. The molecule has 4 fully saturated rings. The van der Waals surface area contributed by atoms with Crippen molar-refractivity contribution >= 4 is 5.91 Å². The van der Waals surface area contributed by atoms with Crippen LogP contribution in [0.4, 0.5) is 4.39 Å². The molecular formula is C20H23FN2O. The van der Waals surface area contributed by atoms with E-state index in [1.165, 1.54) is 50.7 Å². The largest absolute Gasteiger partial charge is 0.349 e. The number of rotatable bonds is 3. The number of hydrogen-bond acceptors (Lipinski definition) is 2. The van der Waals surface area contributed by atoms with Crippen molar-refractivity contribution in [2.45, 2.75) is 51.5 Å². The topological polar surface area (TPSA) is 52.9 Å². The monoisotopic (exact) mass is 326 g/mol. The molecule has 1 amide bonds. The molecule has 1 N–H and O–H groups in total. The van der Waals surface area contributed by atoms with Crippen LogP contribution in [0.25, 0.3) is 0 Å². The molecule has 0 spiro atoms. The fraction of sp³-hybridized carbons (Fsp3) is 0.600. The summed E-state index contributed by atoms with van der Waals surface area (Å²) in [5, 5.41) is 11.9. The molecule has 4 saturated carbocycles. The van der Waals surface area contributed by atoms with Crippen molar-refractivity contribution in [1.82, 2.24) is 5.32 Å². The van der Waals surface area contributed by atoms with Crippen LogP contribution in [-0.4, -0.2) is 11.9 Å². The van der Waals surface area contributed by atoms with Gasteiger partial charge in [0.2, 0.25) is 0 Å². The highest BCUT2D eigenvalue weighted by Gasteiger charge is 2.53. The van der Waals surface area contributed by atoms with Crippen molar-refractivity contribution in [1.29, 1.82) is 5.26 Å². The fourth-order valence-electron chi connectivity index (χ4n) is 5.90. The normalized spacial score (nSPS) is 34.6. The van der Waals surface area contributed by atoms with E-state index in [0.29, 0.717) is 0 Å². The Kier molecular flexibility index (Phi) is 3.63. The van der Waals surface area contributed by atoms with E-state index in [0.717, 1.165) is 23.8 Å². The Hall–Kier alpha value is -1.89. The van der Waals surface area contributed by atoms with Gasteiger partial charge >= 0.3 is 0 Å². The Labute approximate surface area is 142 Å². The molecule has 4 aliphatic rings. The van der Waals surface area contributed by atoms with E-state index >= 15 is 0 Å². The number of amides is 1. The second kappa shape index (κ2) is 5.58. The Morgan fingerprint density at radius 1 is 1.25 bits per heavy atom. The van der Waals surface area contributed by atoms with Gasteiger partial charge < -0.3 is 5.32 Å². The lowest BCUT2D eigenvalue weighted by molar-refractivity contribution is -0.0688. The molecule has 4 heteroatoms. The molecule has 5 rings (SSSR count). The van der Waals surface area contributed by atoms with E-state index in [4.69, 9.17) is 5.26 Å². The van der Waals surface area contributed by atoms with Crippen LogP contribution in [0.3, 0.4) is 0 Å². The molecule has 0 radical (unpaired) electrons. The molecule has 1 aromatic carbocycles.